The summed E-state index contributed by atoms with van der Waals surface area (Å²) in [6.45, 7) is 4.43. The van der Waals surface area contributed by atoms with E-state index in [2.05, 4.69) is 34.7 Å². The lowest BCUT2D eigenvalue weighted by Crippen LogP contribution is -2.58. The van der Waals surface area contributed by atoms with Gasteiger partial charge in [0.1, 0.15) is 0 Å². The normalized spacial score (nSPS) is 30.1. The van der Waals surface area contributed by atoms with E-state index in [-0.39, 0.29) is 0 Å². The van der Waals surface area contributed by atoms with Crippen LogP contribution in [-0.2, 0) is 0 Å². The highest BCUT2D eigenvalue weighted by Crippen LogP contribution is 2.19. The molecule has 1 rings (SSSR count). The van der Waals surface area contributed by atoms with E-state index in [0.717, 1.165) is 0 Å². The maximum Gasteiger partial charge on any atom is 0.220 e. The molecular weight excluding hydrogens is 178 g/mol. The summed E-state index contributed by atoms with van der Waals surface area (Å²) in [5.74, 6) is 5.94. The van der Waals surface area contributed by atoms with Gasteiger partial charge in [-0.2, -0.15) is 0 Å². The number of nitrogens with one attached hydrogen (secondary N) is 2. The summed E-state index contributed by atoms with van der Waals surface area (Å²) in [6.07, 6.45) is 3.74. The summed E-state index contributed by atoms with van der Waals surface area (Å²) in [5.41, 5.74) is 5.74. The van der Waals surface area contributed by atoms with Gasteiger partial charge >= 0.3 is 0 Å². The van der Waals surface area contributed by atoms with Crippen LogP contribution in [0.15, 0.2) is 4.99 Å². The van der Waals surface area contributed by atoms with Gasteiger partial charge in [0.05, 0.1) is 0 Å². The Balaban J connectivity index is 2.55. The van der Waals surface area contributed by atoms with Crippen molar-refractivity contribution in [2.75, 3.05) is 7.05 Å². The van der Waals surface area contributed by atoms with E-state index in [1.165, 1.54) is 19.3 Å². The van der Waals surface area contributed by atoms with Crippen LogP contribution in [0.25, 0.3) is 0 Å². The molecular formula is C9H21N5. The molecule has 5 heteroatoms. The predicted octanol–water partition coefficient (Wildman–Crippen LogP) is 0.203. The summed E-state index contributed by atoms with van der Waals surface area (Å²) in [4.78, 5) is 4.00. The number of hydrazine groups is 2. The first-order chi connectivity index (χ1) is 6.69. The Morgan fingerprint density at radius 3 is 2.36 bits per heavy atom. The van der Waals surface area contributed by atoms with E-state index in [1.807, 2.05) is 0 Å². The van der Waals surface area contributed by atoms with Gasteiger partial charge in [0.2, 0.25) is 5.96 Å². The molecule has 0 aromatic rings. The van der Waals surface area contributed by atoms with Crippen molar-refractivity contribution in [1.82, 2.24) is 15.9 Å². The Morgan fingerprint density at radius 2 is 1.93 bits per heavy atom. The van der Waals surface area contributed by atoms with Crippen molar-refractivity contribution in [2.45, 2.75) is 45.2 Å². The third-order valence-electron chi connectivity index (χ3n) is 2.79. The van der Waals surface area contributed by atoms with Crippen LogP contribution in [0.3, 0.4) is 0 Å². The number of rotatable bonds is 1. The molecule has 2 atom stereocenters. The van der Waals surface area contributed by atoms with Crippen molar-refractivity contribution in [3.05, 3.63) is 0 Å². The summed E-state index contributed by atoms with van der Waals surface area (Å²) < 4.78 is 0. The molecule has 0 aliphatic carbocycles. The Morgan fingerprint density at radius 1 is 1.36 bits per heavy atom. The Bertz CT molecular complexity index is 193. The van der Waals surface area contributed by atoms with Crippen molar-refractivity contribution in [2.24, 2.45) is 10.8 Å². The van der Waals surface area contributed by atoms with Crippen LogP contribution in [-0.4, -0.2) is 30.1 Å². The SMILES string of the molecule is CN=C(NN)NN1C(C)CCCC1C. The molecule has 0 radical (unpaired) electrons. The van der Waals surface area contributed by atoms with Crippen LogP contribution < -0.4 is 16.7 Å². The highest BCUT2D eigenvalue weighted by atomic mass is 15.6. The van der Waals surface area contributed by atoms with Gasteiger partial charge in [-0.3, -0.25) is 15.8 Å². The molecule has 1 fully saturated rings. The molecule has 1 aliphatic rings. The fourth-order valence-electron chi connectivity index (χ4n) is 1.91. The molecule has 5 nitrogen and oxygen atoms in total. The van der Waals surface area contributed by atoms with Crippen LogP contribution in [0.2, 0.25) is 0 Å². The van der Waals surface area contributed by atoms with E-state index in [9.17, 15) is 0 Å². The monoisotopic (exact) mass is 199 g/mol. The first kappa shape index (κ1) is 11.3. The van der Waals surface area contributed by atoms with Gasteiger partial charge in [-0.1, -0.05) is 6.42 Å². The largest absolute Gasteiger partial charge is 0.293 e. The topological polar surface area (TPSA) is 65.7 Å². The second-order valence-electron chi connectivity index (χ2n) is 3.86. The van der Waals surface area contributed by atoms with Crippen molar-refractivity contribution in [1.29, 1.82) is 0 Å². The van der Waals surface area contributed by atoms with Gasteiger partial charge in [0.15, 0.2) is 0 Å². The third kappa shape index (κ3) is 2.59. The minimum Gasteiger partial charge on any atom is -0.293 e. The van der Waals surface area contributed by atoms with Crippen LogP contribution in [0.5, 0.6) is 0 Å². The van der Waals surface area contributed by atoms with Crippen LogP contribution in [0.4, 0.5) is 0 Å². The number of piperidine rings is 1. The maximum absolute atomic E-state index is 5.32. The van der Waals surface area contributed by atoms with Gasteiger partial charge in [-0.05, 0) is 26.7 Å². The molecule has 1 heterocycles. The number of aliphatic imine (C=N–C) groups is 1. The molecule has 0 aromatic carbocycles. The highest BCUT2D eigenvalue weighted by Gasteiger charge is 2.25. The molecule has 2 unspecified atom stereocenters. The quantitative estimate of drug-likeness (QED) is 0.244. The summed E-state index contributed by atoms with van der Waals surface area (Å²) in [6, 6.07) is 1.06. The molecule has 1 aliphatic heterocycles. The smallest absolute Gasteiger partial charge is 0.220 e. The average Bonchev–Trinajstić information content (AvgIpc) is 2.18. The maximum atomic E-state index is 5.32. The number of hydrogen-bond donors (Lipinski definition) is 3. The number of guanidine groups is 1. The summed E-state index contributed by atoms with van der Waals surface area (Å²) in [7, 11) is 1.71. The van der Waals surface area contributed by atoms with E-state index < -0.39 is 0 Å². The van der Waals surface area contributed by atoms with Crippen molar-refractivity contribution >= 4 is 5.96 Å². The van der Waals surface area contributed by atoms with Gasteiger partial charge in [-0.25, -0.2) is 10.9 Å². The molecule has 0 amide bonds. The summed E-state index contributed by atoms with van der Waals surface area (Å²) >= 11 is 0. The van der Waals surface area contributed by atoms with Gasteiger partial charge < -0.3 is 0 Å². The second kappa shape index (κ2) is 5.17. The van der Waals surface area contributed by atoms with E-state index in [0.29, 0.717) is 18.0 Å². The zero-order valence-corrected chi connectivity index (χ0v) is 9.25. The van der Waals surface area contributed by atoms with Crippen molar-refractivity contribution in [3.63, 3.8) is 0 Å². The lowest BCUT2D eigenvalue weighted by atomic mass is 10.00. The molecule has 14 heavy (non-hydrogen) atoms. The molecule has 0 spiro atoms. The Labute approximate surface area is 85.7 Å². The molecule has 4 N–H and O–H groups in total. The van der Waals surface area contributed by atoms with Crippen molar-refractivity contribution < 1.29 is 0 Å². The third-order valence-corrected chi connectivity index (χ3v) is 2.79. The average molecular weight is 199 g/mol. The van der Waals surface area contributed by atoms with Crippen molar-refractivity contribution in [3.8, 4) is 0 Å². The van der Waals surface area contributed by atoms with Gasteiger partial charge in [-0.15, -0.1) is 0 Å². The van der Waals surface area contributed by atoms with E-state index >= 15 is 0 Å². The van der Waals surface area contributed by atoms with E-state index in [4.69, 9.17) is 5.84 Å². The van der Waals surface area contributed by atoms with Crippen LogP contribution in [0.1, 0.15) is 33.1 Å². The minimum atomic E-state index is 0.531. The van der Waals surface area contributed by atoms with E-state index in [1.54, 1.807) is 7.05 Å². The zero-order chi connectivity index (χ0) is 10.6. The number of hydrogen-bond acceptors (Lipinski definition) is 3. The molecule has 0 aromatic heterocycles. The first-order valence-corrected chi connectivity index (χ1v) is 5.17. The fourth-order valence-corrected chi connectivity index (χ4v) is 1.91. The molecule has 0 bridgehead atoms. The lowest BCUT2D eigenvalue weighted by molar-refractivity contribution is 0.0725. The zero-order valence-electron chi connectivity index (χ0n) is 9.25. The van der Waals surface area contributed by atoms with Crippen LogP contribution in [0, 0.1) is 0 Å². The lowest BCUT2D eigenvalue weighted by Gasteiger charge is -2.39. The minimum absolute atomic E-state index is 0.531. The number of nitrogens with two attached hydrogens (primary N) is 1. The predicted molar refractivity (Wildman–Crippen MR) is 58.4 cm³/mol. The van der Waals surface area contributed by atoms with Gasteiger partial charge in [0, 0.05) is 19.1 Å². The first-order valence-electron chi connectivity index (χ1n) is 5.17. The molecule has 1 saturated heterocycles. The molecule has 82 valence electrons. The van der Waals surface area contributed by atoms with Crippen LogP contribution >= 0.6 is 0 Å². The highest BCUT2D eigenvalue weighted by molar-refractivity contribution is 5.78. The Hall–Kier alpha value is -0.810. The standard InChI is InChI=1S/C9H21N5/c1-7-5-4-6-8(2)14(7)13-9(11-3)12-10/h7-8H,4-6,10H2,1-3H3,(H2,11,12,13). The van der Waals surface area contributed by atoms with Gasteiger partial charge in [0.25, 0.3) is 0 Å². The fraction of sp³-hybridized carbons (Fsp3) is 0.889. The second-order valence-corrected chi connectivity index (χ2v) is 3.86. The number of nitrogens with zero attached hydrogens (tertiary/aromatic N) is 2. The molecule has 0 saturated carbocycles. The Kier molecular flexibility index (Phi) is 4.16. The summed E-state index contributed by atoms with van der Waals surface area (Å²) in [5, 5.41) is 2.21.